The second-order valence-electron chi connectivity index (χ2n) is 7.44. The Hall–Kier alpha value is -1.60. The fourth-order valence-electron chi connectivity index (χ4n) is 3.05. The van der Waals surface area contributed by atoms with E-state index in [-0.39, 0.29) is 0 Å². The maximum absolute atomic E-state index is 2.43. The third kappa shape index (κ3) is 6.49. The second kappa shape index (κ2) is 9.64. The number of hydrogen-bond acceptors (Lipinski definition) is 1. The van der Waals surface area contributed by atoms with Crippen molar-refractivity contribution in [3.8, 4) is 0 Å². The van der Waals surface area contributed by atoms with Crippen LogP contribution in [0.4, 0.5) is 0 Å². The van der Waals surface area contributed by atoms with Gasteiger partial charge in [-0.25, -0.2) is 0 Å². The van der Waals surface area contributed by atoms with Crippen molar-refractivity contribution in [3.63, 3.8) is 0 Å². The number of nitrogens with zero attached hydrogens (tertiary/aromatic N) is 1. The van der Waals surface area contributed by atoms with Gasteiger partial charge in [-0.15, -0.1) is 0 Å². The van der Waals surface area contributed by atoms with Crippen LogP contribution in [0.2, 0.25) is 0 Å². The lowest BCUT2D eigenvalue weighted by atomic mass is 10.0. The molecule has 2 aromatic carbocycles. The molecule has 0 spiro atoms. The van der Waals surface area contributed by atoms with Crippen LogP contribution in [0.25, 0.3) is 0 Å². The Labute approximate surface area is 148 Å². The quantitative estimate of drug-likeness (QED) is 0.571. The number of benzene rings is 2. The monoisotopic (exact) mass is 323 g/mol. The summed E-state index contributed by atoms with van der Waals surface area (Å²) in [7, 11) is 2.23. The maximum Gasteiger partial charge on any atom is 0.0230 e. The molecule has 1 heteroatoms. The molecular formula is C23H33N. The molecule has 130 valence electrons. The van der Waals surface area contributed by atoms with Crippen LogP contribution in [-0.4, -0.2) is 18.5 Å². The third-order valence-electron chi connectivity index (χ3n) is 4.64. The largest absolute Gasteiger partial charge is 0.302 e. The Kier molecular flexibility index (Phi) is 7.52. The molecule has 0 aliphatic heterocycles. The van der Waals surface area contributed by atoms with Crippen LogP contribution in [0.15, 0.2) is 48.5 Å². The third-order valence-corrected chi connectivity index (χ3v) is 4.64. The lowest BCUT2D eigenvalue weighted by molar-refractivity contribution is 0.310. The van der Waals surface area contributed by atoms with Crippen LogP contribution in [0, 0.1) is 5.92 Å². The Morgan fingerprint density at radius 3 is 1.79 bits per heavy atom. The molecule has 0 saturated carbocycles. The first-order valence-electron chi connectivity index (χ1n) is 9.41. The molecule has 0 atom stereocenters. The summed E-state index contributed by atoms with van der Waals surface area (Å²) in [6.07, 6.45) is 4.74. The summed E-state index contributed by atoms with van der Waals surface area (Å²) in [5.74, 6) is 0.809. The lowest BCUT2D eigenvalue weighted by Gasteiger charge is -2.17. The van der Waals surface area contributed by atoms with Crippen molar-refractivity contribution in [1.29, 1.82) is 0 Å². The molecule has 0 unspecified atom stereocenters. The average Bonchev–Trinajstić information content (AvgIpc) is 2.57. The minimum Gasteiger partial charge on any atom is -0.302 e. The van der Waals surface area contributed by atoms with Gasteiger partial charge in [-0.3, -0.25) is 0 Å². The van der Waals surface area contributed by atoms with E-state index in [4.69, 9.17) is 0 Å². The molecular weight excluding hydrogens is 290 g/mol. The van der Waals surface area contributed by atoms with Crippen LogP contribution in [0.5, 0.6) is 0 Å². The zero-order valence-electron chi connectivity index (χ0n) is 15.9. The van der Waals surface area contributed by atoms with Crippen LogP contribution >= 0.6 is 0 Å². The van der Waals surface area contributed by atoms with Crippen LogP contribution < -0.4 is 0 Å². The topological polar surface area (TPSA) is 3.24 Å². The Bertz CT molecular complexity index is 580. The summed E-state index contributed by atoms with van der Waals surface area (Å²) in [6.45, 7) is 9.03. The summed E-state index contributed by atoms with van der Waals surface area (Å²) in [4.78, 5) is 2.43. The van der Waals surface area contributed by atoms with Crippen molar-refractivity contribution in [2.45, 2.75) is 53.0 Å². The van der Waals surface area contributed by atoms with Gasteiger partial charge in [0.2, 0.25) is 0 Å². The highest BCUT2D eigenvalue weighted by Gasteiger charge is 2.03. The van der Waals surface area contributed by atoms with Gasteiger partial charge in [-0.05, 0) is 67.4 Å². The zero-order valence-corrected chi connectivity index (χ0v) is 15.9. The molecule has 0 aliphatic rings. The molecule has 1 nitrogen and oxygen atoms in total. The summed E-state index contributed by atoms with van der Waals surface area (Å²) in [5, 5.41) is 0. The number of hydrogen-bond donors (Lipinski definition) is 0. The average molecular weight is 324 g/mol. The number of rotatable bonds is 9. The van der Waals surface area contributed by atoms with Crippen molar-refractivity contribution in [2.75, 3.05) is 13.6 Å². The standard InChI is InChI=1S/C23H33N/c1-5-20-8-10-21(11-9-20)17-22-12-14-23(15-13-22)18-24(4)16-6-7-19(2)3/h8-15,19H,5-7,16-18H2,1-4H3. The van der Waals surface area contributed by atoms with Crippen molar-refractivity contribution in [3.05, 3.63) is 70.8 Å². The van der Waals surface area contributed by atoms with Gasteiger partial charge in [0.25, 0.3) is 0 Å². The van der Waals surface area contributed by atoms with E-state index in [2.05, 4.69) is 81.2 Å². The van der Waals surface area contributed by atoms with E-state index in [0.29, 0.717) is 0 Å². The van der Waals surface area contributed by atoms with Gasteiger partial charge in [0.15, 0.2) is 0 Å². The van der Waals surface area contributed by atoms with Gasteiger partial charge in [-0.2, -0.15) is 0 Å². The minimum atomic E-state index is 0.809. The molecule has 0 N–H and O–H groups in total. The minimum absolute atomic E-state index is 0.809. The molecule has 0 radical (unpaired) electrons. The van der Waals surface area contributed by atoms with E-state index in [1.54, 1.807) is 0 Å². The highest BCUT2D eigenvalue weighted by molar-refractivity contribution is 5.30. The molecule has 0 bridgehead atoms. The van der Waals surface area contributed by atoms with Gasteiger partial charge >= 0.3 is 0 Å². The van der Waals surface area contributed by atoms with Crippen LogP contribution in [0.1, 0.15) is 55.9 Å². The maximum atomic E-state index is 2.43. The molecule has 2 rings (SSSR count). The molecule has 0 amide bonds. The summed E-state index contributed by atoms with van der Waals surface area (Å²) in [5.41, 5.74) is 5.61. The highest BCUT2D eigenvalue weighted by Crippen LogP contribution is 2.14. The van der Waals surface area contributed by atoms with Gasteiger partial charge in [-0.1, -0.05) is 69.3 Å². The van der Waals surface area contributed by atoms with Crippen LogP contribution in [0.3, 0.4) is 0 Å². The fourth-order valence-corrected chi connectivity index (χ4v) is 3.05. The summed E-state index contributed by atoms with van der Waals surface area (Å²) < 4.78 is 0. The van der Waals surface area contributed by atoms with E-state index in [9.17, 15) is 0 Å². The highest BCUT2D eigenvalue weighted by atomic mass is 15.1. The first-order valence-corrected chi connectivity index (χ1v) is 9.41. The Balaban J connectivity index is 1.83. The Morgan fingerprint density at radius 1 is 0.792 bits per heavy atom. The van der Waals surface area contributed by atoms with E-state index in [0.717, 1.165) is 25.3 Å². The van der Waals surface area contributed by atoms with Gasteiger partial charge in [0.1, 0.15) is 0 Å². The van der Waals surface area contributed by atoms with Gasteiger partial charge in [0.05, 0.1) is 0 Å². The first-order chi connectivity index (χ1) is 11.6. The zero-order chi connectivity index (χ0) is 17.4. The Morgan fingerprint density at radius 2 is 1.29 bits per heavy atom. The lowest BCUT2D eigenvalue weighted by Crippen LogP contribution is -2.19. The van der Waals surface area contributed by atoms with Crippen molar-refractivity contribution in [2.24, 2.45) is 5.92 Å². The molecule has 0 aromatic heterocycles. The normalized spacial score (nSPS) is 11.4. The van der Waals surface area contributed by atoms with E-state index < -0.39 is 0 Å². The smallest absolute Gasteiger partial charge is 0.0230 e. The fraction of sp³-hybridized carbons (Fsp3) is 0.478. The summed E-state index contributed by atoms with van der Waals surface area (Å²) in [6, 6.07) is 18.1. The molecule has 0 saturated heterocycles. The van der Waals surface area contributed by atoms with E-state index in [1.807, 2.05) is 0 Å². The van der Waals surface area contributed by atoms with Gasteiger partial charge < -0.3 is 4.90 Å². The first kappa shape index (κ1) is 18.7. The predicted octanol–water partition coefficient (Wildman–Crippen LogP) is 5.71. The molecule has 24 heavy (non-hydrogen) atoms. The van der Waals surface area contributed by atoms with Crippen molar-refractivity contribution in [1.82, 2.24) is 4.90 Å². The summed E-state index contributed by atoms with van der Waals surface area (Å²) >= 11 is 0. The number of aryl methyl sites for hydroxylation is 1. The van der Waals surface area contributed by atoms with Crippen molar-refractivity contribution >= 4 is 0 Å². The molecule has 0 aliphatic carbocycles. The van der Waals surface area contributed by atoms with Gasteiger partial charge in [0, 0.05) is 6.54 Å². The van der Waals surface area contributed by atoms with E-state index in [1.165, 1.54) is 41.6 Å². The molecule has 0 fully saturated rings. The second-order valence-corrected chi connectivity index (χ2v) is 7.44. The molecule has 0 heterocycles. The SMILES string of the molecule is CCc1ccc(Cc2ccc(CN(C)CCCC(C)C)cc2)cc1. The van der Waals surface area contributed by atoms with Crippen LogP contribution in [-0.2, 0) is 19.4 Å². The van der Waals surface area contributed by atoms with E-state index >= 15 is 0 Å². The predicted molar refractivity (Wildman–Crippen MR) is 105 cm³/mol. The molecule has 2 aromatic rings. The van der Waals surface area contributed by atoms with Crippen molar-refractivity contribution < 1.29 is 0 Å².